The largest absolute Gasteiger partial charge is 0.360 e. The van der Waals surface area contributed by atoms with Crippen molar-refractivity contribution in [3.63, 3.8) is 0 Å². The van der Waals surface area contributed by atoms with Crippen molar-refractivity contribution in [1.29, 1.82) is 0 Å². The van der Waals surface area contributed by atoms with E-state index >= 15 is 0 Å². The normalized spacial score (nSPS) is 12.6. The molecule has 0 aliphatic rings. The molecule has 0 bridgehead atoms. The first-order valence-electron chi connectivity index (χ1n) is 5.58. The molecule has 3 heteroatoms. The van der Waals surface area contributed by atoms with Gasteiger partial charge in [-0.3, -0.25) is 0 Å². The zero-order valence-electron chi connectivity index (χ0n) is 9.39. The summed E-state index contributed by atoms with van der Waals surface area (Å²) >= 11 is 0. The molecule has 84 valence electrons. The van der Waals surface area contributed by atoms with E-state index in [0.29, 0.717) is 12.6 Å². The van der Waals surface area contributed by atoms with Crippen LogP contribution in [-0.2, 0) is 6.54 Å². The fourth-order valence-electron chi connectivity index (χ4n) is 1.74. The molecule has 3 nitrogen and oxygen atoms in total. The molecule has 0 amide bonds. The minimum absolute atomic E-state index is 0.367. The van der Waals surface area contributed by atoms with Gasteiger partial charge in [-0.05, 0) is 12.0 Å². The van der Waals surface area contributed by atoms with Gasteiger partial charge in [0.25, 0.3) is 0 Å². The summed E-state index contributed by atoms with van der Waals surface area (Å²) < 4.78 is 5.05. The van der Waals surface area contributed by atoms with E-state index in [0.717, 1.165) is 12.2 Å². The van der Waals surface area contributed by atoms with Crippen LogP contribution in [0.5, 0.6) is 0 Å². The fourth-order valence-corrected chi connectivity index (χ4v) is 1.74. The summed E-state index contributed by atoms with van der Waals surface area (Å²) in [4.78, 5) is 0. The number of nitrogens with zero attached hydrogens (tertiary/aromatic N) is 1. The minimum atomic E-state index is 0.367. The number of nitrogens with one attached hydrogen (secondary N) is 1. The van der Waals surface area contributed by atoms with Gasteiger partial charge in [-0.2, -0.15) is 0 Å². The van der Waals surface area contributed by atoms with Crippen LogP contribution >= 0.6 is 0 Å². The number of hydrogen-bond donors (Lipinski definition) is 1. The van der Waals surface area contributed by atoms with E-state index in [2.05, 4.69) is 41.7 Å². The summed E-state index contributed by atoms with van der Waals surface area (Å²) in [5.74, 6) is 0.870. The van der Waals surface area contributed by atoms with Crippen LogP contribution in [0.25, 0.3) is 0 Å². The Morgan fingerprint density at radius 2 is 2.06 bits per heavy atom. The van der Waals surface area contributed by atoms with Crippen LogP contribution in [-0.4, -0.2) is 5.16 Å². The molecule has 1 N–H and O–H groups in total. The van der Waals surface area contributed by atoms with Crippen LogP contribution in [0.4, 0.5) is 0 Å². The van der Waals surface area contributed by atoms with E-state index in [1.807, 2.05) is 12.1 Å². The quantitative estimate of drug-likeness (QED) is 0.835. The van der Waals surface area contributed by atoms with Crippen LogP contribution in [0.3, 0.4) is 0 Å². The molecule has 0 saturated carbocycles. The molecule has 1 heterocycles. The van der Waals surface area contributed by atoms with Gasteiger partial charge < -0.3 is 9.84 Å². The standard InChI is InChI=1S/C13H16N2O/c1-2-13(11-6-4-3-5-7-11)14-10-12-8-9-15-16-12/h3-9,13-14H,2,10H2,1H3. The lowest BCUT2D eigenvalue weighted by molar-refractivity contribution is 0.362. The molecule has 0 aliphatic heterocycles. The lowest BCUT2D eigenvalue weighted by Gasteiger charge is -2.16. The van der Waals surface area contributed by atoms with E-state index in [4.69, 9.17) is 4.52 Å². The van der Waals surface area contributed by atoms with Crippen LogP contribution < -0.4 is 5.32 Å². The molecular weight excluding hydrogens is 200 g/mol. The fraction of sp³-hybridized carbons (Fsp3) is 0.308. The number of hydrogen-bond acceptors (Lipinski definition) is 3. The average Bonchev–Trinajstić information content (AvgIpc) is 2.84. The van der Waals surface area contributed by atoms with Gasteiger partial charge in [0.2, 0.25) is 0 Å². The molecule has 1 unspecified atom stereocenters. The first-order chi connectivity index (χ1) is 7.90. The summed E-state index contributed by atoms with van der Waals surface area (Å²) in [6.07, 6.45) is 2.72. The zero-order chi connectivity index (χ0) is 11.2. The first kappa shape index (κ1) is 10.9. The summed E-state index contributed by atoms with van der Waals surface area (Å²) in [7, 11) is 0. The highest BCUT2D eigenvalue weighted by Crippen LogP contribution is 2.16. The molecule has 1 atom stereocenters. The van der Waals surface area contributed by atoms with E-state index in [9.17, 15) is 0 Å². The highest BCUT2D eigenvalue weighted by atomic mass is 16.5. The third-order valence-corrected chi connectivity index (χ3v) is 2.62. The van der Waals surface area contributed by atoms with Crippen LogP contribution in [0.2, 0.25) is 0 Å². The number of aromatic nitrogens is 1. The second-order valence-electron chi connectivity index (χ2n) is 3.73. The Kier molecular flexibility index (Phi) is 3.72. The van der Waals surface area contributed by atoms with Crippen molar-refractivity contribution in [3.8, 4) is 0 Å². The van der Waals surface area contributed by atoms with Crippen molar-refractivity contribution < 1.29 is 4.52 Å². The van der Waals surface area contributed by atoms with Gasteiger partial charge in [0.1, 0.15) is 5.76 Å². The Morgan fingerprint density at radius 3 is 2.69 bits per heavy atom. The first-order valence-corrected chi connectivity index (χ1v) is 5.58. The Hall–Kier alpha value is -1.61. The van der Waals surface area contributed by atoms with Gasteiger partial charge in [-0.25, -0.2) is 0 Å². The molecule has 0 spiro atoms. The van der Waals surface area contributed by atoms with Gasteiger partial charge >= 0.3 is 0 Å². The lowest BCUT2D eigenvalue weighted by Crippen LogP contribution is -2.19. The maximum absolute atomic E-state index is 5.05. The van der Waals surface area contributed by atoms with Gasteiger partial charge in [-0.1, -0.05) is 42.4 Å². The Balaban J connectivity index is 1.96. The second-order valence-corrected chi connectivity index (χ2v) is 3.73. The lowest BCUT2D eigenvalue weighted by atomic mass is 10.0. The topological polar surface area (TPSA) is 38.1 Å². The summed E-state index contributed by atoms with van der Waals surface area (Å²) in [6, 6.07) is 12.7. The molecule has 1 aromatic heterocycles. The molecule has 0 saturated heterocycles. The number of rotatable bonds is 5. The smallest absolute Gasteiger partial charge is 0.150 e. The van der Waals surface area contributed by atoms with Crippen LogP contribution in [0.1, 0.15) is 30.7 Å². The zero-order valence-corrected chi connectivity index (χ0v) is 9.39. The van der Waals surface area contributed by atoms with Crippen molar-refractivity contribution >= 4 is 0 Å². The maximum Gasteiger partial charge on any atom is 0.150 e. The second kappa shape index (κ2) is 5.47. The van der Waals surface area contributed by atoms with E-state index in [1.54, 1.807) is 6.20 Å². The molecule has 2 rings (SSSR count). The summed E-state index contributed by atoms with van der Waals surface area (Å²) in [5, 5.41) is 7.14. The monoisotopic (exact) mass is 216 g/mol. The summed E-state index contributed by atoms with van der Waals surface area (Å²) in [6.45, 7) is 2.89. The minimum Gasteiger partial charge on any atom is -0.360 e. The van der Waals surface area contributed by atoms with Crippen molar-refractivity contribution in [2.75, 3.05) is 0 Å². The van der Waals surface area contributed by atoms with Crippen molar-refractivity contribution in [3.05, 3.63) is 53.9 Å². The Bertz CT molecular complexity index is 397. The van der Waals surface area contributed by atoms with Crippen LogP contribution in [0.15, 0.2) is 47.1 Å². The molecule has 0 fully saturated rings. The van der Waals surface area contributed by atoms with E-state index in [-0.39, 0.29) is 0 Å². The van der Waals surface area contributed by atoms with Gasteiger partial charge in [0.05, 0.1) is 12.7 Å². The molecule has 1 aromatic carbocycles. The van der Waals surface area contributed by atoms with Crippen molar-refractivity contribution in [2.45, 2.75) is 25.9 Å². The molecule has 0 radical (unpaired) electrons. The van der Waals surface area contributed by atoms with E-state index < -0.39 is 0 Å². The predicted octanol–water partition coefficient (Wildman–Crippen LogP) is 2.92. The van der Waals surface area contributed by atoms with E-state index in [1.165, 1.54) is 5.56 Å². The number of benzene rings is 1. The molecule has 0 aliphatic carbocycles. The average molecular weight is 216 g/mol. The predicted molar refractivity (Wildman–Crippen MR) is 62.8 cm³/mol. The third kappa shape index (κ3) is 2.70. The molecule has 16 heavy (non-hydrogen) atoms. The molecule has 2 aromatic rings. The van der Waals surface area contributed by atoms with Crippen molar-refractivity contribution in [1.82, 2.24) is 10.5 Å². The third-order valence-electron chi connectivity index (χ3n) is 2.62. The van der Waals surface area contributed by atoms with Gasteiger partial charge in [0, 0.05) is 12.1 Å². The van der Waals surface area contributed by atoms with Crippen LogP contribution in [0, 0.1) is 0 Å². The van der Waals surface area contributed by atoms with Gasteiger partial charge in [-0.15, -0.1) is 0 Å². The van der Waals surface area contributed by atoms with Gasteiger partial charge in [0.15, 0.2) is 0 Å². The highest BCUT2D eigenvalue weighted by molar-refractivity contribution is 5.18. The highest BCUT2D eigenvalue weighted by Gasteiger charge is 2.08. The maximum atomic E-state index is 5.05. The SMILES string of the molecule is CCC(NCc1ccno1)c1ccccc1. The summed E-state index contributed by atoms with van der Waals surface area (Å²) in [5.41, 5.74) is 1.31. The molecular formula is C13H16N2O. The Morgan fingerprint density at radius 1 is 1.25 bits per heavy atom. The Labute approximate surface area is 95.5 Å². The van der Waals surface area contributed by atoms with Crippen molar-refractivity contribution in [2.24, 2.45) is 0 Å².